The van der Waals surface area contributed by atoms with Crippen molar-refractivity contribution in [3.63, 3.8) is 0 Å². The minimum Gasteiger partial charge on any atom is -0.455 e. The van der Waals surface area contributed by atoms with Crippen LogP contribution in [0.3, 0.4) is 0 Å². The number of amides is 1. The number of H-pyrrole nitrogens is 1. The van der Waals surface area contributed by atoms with E-state index in [1.807, 2.05) is 0 Å². The van der Waals surface area contributed by atoms with Crippen LogP contribution in [0, 0.1) is 5.82 Å². The van der Waals surface area contributed by atoms with E-state index in [1.54, 1.807) is 53.6 Å². The summed E-state index contributed by atoms with van der Waals surface area (Å²) in [6.07, 6.45) is 5.31. The lowest BCUT2D eigenvalue weighted by Gasteiger charge is -2.32. The second-order valence-electron chi connectivity index (χ2n) is 7.53. The number of rotatable bonds is 3. The Morgan fingerprint density at radius 2 is 2.19 bits per heavy atom. The lowest BCUT2D eigenvalue weighted by Crippen LogP contribution is -2.40. The van der Waals surface area contributed by atoms with Crippen molar-refractivity contribution in [3.8, 4) is 11.6 Å². The Balaban J connectivity index is 1.42. The van der Waals surface area contributed by atoms with Crippen LogP contribution in [0.2, 0.25) is 0 Å². The van der Waals surface area contributed by atoms with Crippen molar-refractivity contribution in [1.29, 1.82) is 0 Å². The van der Waals surface area contributed by atoms with Gasteiger partial charge in [-0.2, -0.15) is 0 Å². The maximum Gasteiger partial charge on any atom is 0.312 e. The molecule has 4 aromatic heterocycles. The third-order valence-electron chi connectivity index (χ3n) is 5.61. The Morgan fingerprint density at radius 3 is 3.00 bits per heavy atom. The Bertz CT molecular complexity index is 1460. The van der Waals surface area contributed by atoms with E-state index >= 15 is 0 Å². The number of benzene rings is 1. The van der Waals surface area contributed by atoms with Gasteiger partial charge < -0.3 is 23.3 Å². The molecule has 11 heteroatoms. The van der Waals surface area contributed by atoms with E-state index in [4.69, 9.17) is 8.83 Å². The van der Waals surface area contributed by atoms with Gasteiger partial charge in [0.25, 0.3) is 5.89 Å². The molecule has 160 valence electrons. The SMILES string of the molecule is Cn1cncc1-c1nnc(C(=O)N2CCc3[nH]cnc3[C@H]2c2cc3cccc(F)c3o2)o1. The number of imidazole rings is 2. The molecule has 10 nitrogen and oxygen atoms in total. The highest BCUT2D eigenvalue weighted by Gasteiger charge is 2.38. The van der Waals surface area contributed by atoms with Crippen LogP contribution in [0.15, 0.2) is 52.0 Å². The van der Waals surface area contributed by atoms with Gasteiger partial charge >= 0.3 is 11.8 Å². The molecule has 1 atom stereocenters. The predicted octanol–water partition coefficient (Wildman–Crippen LogP) is 2.87. The van der Waals surface area contributed by atoms with Gasteiger partial charge in [0.05, 0.1) is 24.5 Å². The molecule has 1 amide bonds. The molecule has 0 saturated carbocycles. The number of hydrogen-bond acceptors (Lipinski definition) is 7. The lowest BCUT2D eigenvalue weighted by molar-refractivity contribution is 0.0632. The first-order chi connectivity index (χ1) is 15.6. The van der Waals surface area contributed by atoms with Crippen molar-refractivity contribution in [2.75, 3.05) is 6.54 Å². The molecular weight excluding hydrogens is 417 g/mol. The molecule has 1 aliphatic heterocycles. The highest BCUT2D eigenvalue weighted by molar-refractivity contribution is 5.90. The molecule has 0 radical (unpaired) electrons. The van der Waals surface area contributed by atoms with Crippen LogP contribution < -0.4 is 0 Å². The molecule has 0 unspecified atom stereocenters. The van der Waals surface area contributed by atoms with Gasteiger partial charge in [0.2, 0.25) is 0 Å². The van der Waals surface area contributed by atoms with Crippen LogP contribution in [0.5, 0.6) is 0 Å². The average Bonchev–Trinajstić information content (AvgIpc) is 3.57. The van der Waals surface area contributed by atoms with Gasteiger partial charge in [-0.25, -0.2) is 14.4 Å². The third-order valence-corrected chi connectivity index (χ3v) is 5.61. The molecule has 0 aliphatic carbocycles. The third kappa shape index (κ3) is 2.74. The first kappa shape index (κ1) is 18.5. The summed E-state index contributed by atoms with van der Waals surface area (Å²) in [6, 6.07) is 5.75. The quantitative estimate of drug-likeness (QED) is 0.465. The fraction of sp³-hybridized carbons (Fsp3) is 0.190. The Labute approximate surface area is 179 Å². The van der Waals surface area contributed by atoms with Crippen molar-refractivity contribution in [3.05, 3.63) is 72.0 Å². The van der Waals surface area contributed by atoms with Crippen LogP contribution in [-0.2, 0) is 13.5 Å². The number of nitrogens with zero attached hydrogens (tertiary/aromatic N) is 6. The average molecular weight is 433 g/mol. The molecule has 6 rings (SSSR count). The molecule has 0 fully saturated rings. The summed E-state index contributed by atoms with van der Waals surface area (Å²) in [5.74, 6) is -0.508. The molecule has 1 N–H and O–H groups in total. The minimum atomic E-state index is -0.670. The van der Waals surface area contributed by atoms with E-state index < -0.39 is 17.8 Å². The monoisotopic (exact) mass is 433 g/mol. The van der Waals surface area contributed by atoms with Crippen molar-refractivity contribution < 1.29 is 18.0 Å². The first-order valence-electron chi connectivity index (χ1n) is 9.91. The summed E-state index contributed by atoms with van der Waals surface area (Å²) >= 11 is 0. The van der Waals surface area contributed by atoms with E-state index in [-0.39, 0.29) is 17.4 Å². The van der Waals surface area contributed by atoms with Crippen molar-refractivity contribution in [2.45, 2.75) is 12.5 Å². The zero-order chi connectivity index (χ0) is 21.8. The number of furan rings is 1. The topological polar surface area (TPSA) is 119 Å². The number of nitrogens with one attached hydrogen (secondary N) is 1. The second-order valence-corrected chi connectivity index (χ2v) is 7.53. The molecule has 0 bridgehead atoms. The van der Waals surface area contributed by atoms with E-state index in [2.05, 4.69) is 25.1 Å². The highest BCUT2D eigenvalue weighted by atomic mass is 19.1. The van der Waals surface area contributed by atoms with E-state index in [0.29, 0.717) is 35.5 Å². The largest absolute Gasteiger partial charge is 0.455 e. The van der Waals surface area contributed by atoms with Gasteiger partial charge in [-0.3, -0.25) is 4.79 Å². The molecule has 1 aliphatic rings. The molecule has 0 spiro atoms. The summed E-state index contributed by atoms with van der Waals surface area (Å²) in [5.41, 5.74) is 2.25. The molecule has 1 aromatic carbocycles. The van der Waals surface area contributed by atoms with Gasteiger partial charge in [0.15, 0.2) is 11.4 Å². The number of fused-ring (bicyclic) bond motifs is 2. The fourth-order valence-electron chi connectivity index (χ4n) is 4.07. The van der Waals surface area contributed by atoms with Crippen molar-refractivity contribution in [1.82, 2.24) is 34.6 Å². The second kappa shape index (κ2) is 6.87. The fourth-order valence-corrected chi connectivity index (χ4v) is 4.07. The summed E-state index contributed by atoms with van der Waals surface area (Å²) in [5, 5.41) is 8.55. The minimum absolute atomic E-state index is 0.133. The van der Waals surface area contributed by atoms with Crippen molar-refractivity contribution >= 4 is 16.9 Å². The van der Waals surface area contributed by atoms with E-state index in [1.165, 1.54) is 6.07 Å². The van der Waals surface area contributed by atoms with Gasteiger partial charge in [0.1, 0.15) is 17.5 Å². The number of para-hydroxylation sites is 1. The van der Waals surface area contributed by atoms with Crippen LogP contribution in [0.25, 0.3) is 22.6 Å². The lowest BCUT2D eigenvalue weighted by atomic mass is 10.00. The molecule has 5 heterocycles. The maximum absolute atomic E-state index is 14.3. The first-order valence-corrected chi connectivity index (χ1v) is 9.91. The smallest absolute Gasteiger partial charge is 0.312 e. The number of aromatic amines is 1. The van der Waals surface area contributed by atoms with Crippen LogP contribution in [0.4, 0.5) is 4.39 Å². The molecular formula is C21H16FN7O3. The Kier molecular flexibility index (Phi) is 3.97. The number of carbonyl (C=O) groups excluding carboxylic acids is 1. The van der Waals surface area contributed by atoms with Crippen LogP contribution in [0.1, 0.15) is 33.9 Å². The number of carbonyl (C=O) groups is 1. The Hall–Kier alpha value is -4.28. The standard InChI is InChI=1S/C21H16FN7O3/c1-28-10-23-8-14(28)19-26-27-20(32-19)21(30)29-6-5-13-16(25-9-24-13)17(29)15-7-11-3-2-4-12(22)18(11)31-15/h2-4,7-10,17H,5-6H2,1H3,(H,24,25)/t17-/m1/s1. The Morgan fingerprint density at radius 1 is 1.28 bits per heavy atom. The normalized spacial score (nSPS) is 15.9. The number of halogens is 1. The highest BCUT2D eigenvalue weighted by Crippen LogP contribution is 2.37. The van der Waals surface area contributed by atoms with Gasteiger partial charge in [-0.1, -0.05) is 12.1 Å². The van der Waals surface area contributed by atoms with Gasteiger partial charge in [-0.05, 0) is 12.1 Å². The van der Waals surface area contributed by atoms with E-state index in [9.17, 15) is 9.18 Å². The van der Waals surface area contributed by atoms with Crippen LogP contribution >= 0.6 is 0 Å². The zero-order valence-electron chi connectivity index (χ0n) is 16.8. The van der Waals surface area contributed by atoms with Gasteiger partial charge in [-0.15, -0.1) is 10.2 Å². The van der Waals surface area contributed by atoms with Crippen LogP contribution in [-0.4, -0.2) is 47.1 Å². The molecule has 32 heavy (non-hydrogen) atoms. The number of aryl methyl sites for hydroxylation is 1. The zero-order valence-corrected chi connectivity index (χ0v) is 16.8. The summed E-state index contributed by atoms with van der Waals surface area (Å²) < 4.78 is 27.5. The predicted molar refractivity (Wildman–Crippen MR) is 108 cm³/mol. The number of aromatic nitrogens is 6. The molecule has 0 saturated heterocycles. The number of hydrogen-bond donors (Lipinski definition) is 1. The summed E-state index contributed by atoms with van der Waals surface area (Å²) in [7, 11) is 1.79. The summed E-state index contributed by atoms with van der Waals surface area (Å²) in [6.45, 7) is 0.363. The summed E-state index contributed by atoms with van der Waals surface area (Å²) in [4.78, 5) is 26.5. The maximum atomic E-state index is 14.3. The van der Waals surface area contributed by atoms with Gasteiger partial charge in [0, 0.05) is 31.1 Å². The van der Waals surface area contributed by atoms with Crippen molar-refractivity contribution in [2.24, 2.45) is 7.05 Å². The molecule has 5 aromatic rings. The van der Waals surface area contributed by atoms with E-state index in [0.717, 1.165) is 5.69 Å².